The summed E-state index contributed by atoms with van der Waals surface area (Å²) in [6, 6.07) is 13.9. The molecule has 1 aromatic heterocycles. The van der Waals surface area contributed by atoms with Crippen LogP contribution < -0.4 is 5.73 Å². The van der Waals surface area contributed by atoms with Gasteiger partial charge < -0.3 is 20.5 Å². The lowest BCUT2D eigenvalue weighted by molar-refractivity contribution is -0.131. The predicted octanol–water partition coefficient (Wildman–Crippen LogP) is 4.00. The number of amides is 1. The first kappa shape index (κ1) is 25.8. The number of carboxylic acids is 1. The Hall–Kier alpha value is -3.78. The lowest BCUT2D eigenvalue weighted by Crippen LogP contribution is -2.22. The highest BCUT2D eigenvalue weighted by Crippen LogP contribution is 2.28. The number of Topliss-reactive ketones (excluding diaryl/α,β-unsaturated/α-hetero) is 1. The summed E-state index contributed by atoms with van der Waals surface area (Å²) >= 11 is 0. The SMILES string of the molecule is CCCCc1nc(C(O)C(C)C)c(C(N)=O)n1Cc1ccc(-c2ccccc2C(=O)C(=O)O)cc1. The van der Waals surface area contributed by atoms with E-state index in [9.17, 15) is 19.5 Å². The number of unbranched alkanes of at least 4 members (excludes halogenated alkanes) is 1. The number of carboxylic acid groups (broad SMARTS) is 1. The van der Waals surface area contributed by atoms with Crippen LogP contribution in [0.4, 0.5) is 0 Å². The molecule has 3 rings (SSSR count). The molecule has 0 spiro atoms. The summed E-state index contributed by atoms with van der Waals surface area (Å²) in [5.41, 5.74) is 8.44. The monoisotopic (exact) mass is 477 g/mol. The summed E-state index contributed by atoms with van der Waals surface area (Å²) in [5, 5.41) is 19.8. The number of aliphatic carboxylic acids is 1. The number of hydrogen-bond acceptors (Lipinski definition) is 5. The van der Waals surface area contributed by atoms with Crippen molar-refractivity contribution in [2.45, 2.75) is 52.7 Å². The van der Waals surface area contributed by atoms with Crippen LogP contribution in [0.15, 0.2) is 48.5 Å². The second kappa shape index (κ2) is 11.1. The number of primary amides is 1. The molecule has 0 aliphatic carbocycles. The van der Waals surface area contributed by atoms with Gasteiger partial charge in [-0.05, 0) is 29.0 Å². The molecule has 1 atom stereocenters. The number of nitrogens with two attached hydrogens (primary N) is 1. The van der Waals surface area contributed by atoms with Gasteiger partial charge in [0.05, 0.1) is 0 Å². The Balaban J connectivity index is 2.00. The van der Waals surface area contributed by atoms with Crippen molar-refractivity contribution in [3.05, 3.63) is 76.9 Å². The molecule has 1 heterocycles. The molecule has 35 heavy (non-hydrogen) atoms. The fourth-order valence-corrected chi connectivity index (χ4v) is 4.02. The molecule has 0 aliphatic rings. The smallest absolute Gasteiger partial charge is 0.377 e. The molecule has 0 radical (unpaired) electrons. The van der Waals surface area contributed by atoms with Gasteiger partial charge in [0.15, 0.2) is 0 Å². The number of ketones is 1. The van der Waals surface area contributed by atoms with Gasteiger partial charge in [0.2, 0.25) is 0 Å². The van der Waals surface area contributed by atoms with Crippen molar-refractivity contribution in [3.8, 4) is 11.1 Å². The molecule has 8 nitrogen and oxygen atoms in total. The maximum atomic E-state index is 12.4. The fraction of sp³-hybridized carbons (Fsp3) is 0.333. The third kappa shape index (κ3) is 5.66. The van der Waals surface area contributed by atoms with Crippen molar-refractivity contribution >= 4 is 17.7 Å². The molecule has 1 amide bonds. The van der Waals surface area contributed by atoms with Crippen LogP contribution in [0.5, 0.6) is 0 Å². The Morgan fingerprint density at radius 2 is 1.71 bits per heavy atom. The first-order valence-electron chi connectivity index (χ1n) is 11.7. The largest absolute Gasteiger partial charge is 0.475 e. The van der Waals surface area contributed by atoms with Crippen LogP contribution in [0.2, 0.25) is 0 Å². The highest BCUT2D eigenvalue weighted by Gasteiger charge is 2.27. The van der Waals surface area contributed by atoms with Crippen LogP contribution >= 0.6 is 0 Å². The number of hydrogen-bond donors (Lipinski definition) is 3. The Morgan fingerprint density at radius 1 is 1.06 bits per heavy atom. The Kier molecular flexibility index (Phi) is 8.19. The number of carbonyl (C=O) groups is 3. The molecular weight excluding hydrogens is 446 g/mol. The molecule has 0 fully saturated rings. The third-order valence-corrected chi connectivity index (χ3v) is 5.94. The van der Waals surface area contributed by atoms with E-state index < -0.39 is 23.8 Å². The number of nitrogens with zero attached hydrogens (tertiary/aromatic N) is 2. The van der Waals surface area contributed by atoms with Gasteiger partial charge in [-0.25, -0.2) is 9.78 Å². The van der Waals surface area contributed by atoms with Gasteiger partial charge in [-0.3, -0.25) is 9.59 Å². The van der Waals surface area contributed by atoms with Gasteiger partial charge in [-0.1, -0.05) is 75.7 Å². The van der Waals surface area contributed by atoms with E-state index in [-0.39, 0.29) is 17.2 Å². The van der Waals surface area contributed by atoms with Crippen molar-refractivity contribution in [2.24, 2.45) is 11.7 Å². The van der Waals surface area contributed by atoms with E-state index in [1.165, 1.54) is 6.07 Å². The lowest BCUT2D eigenvalue weighted by Gasteiger charge is -2.15. The summed E-state index contributed by atoms with van der Waals surface area (Å²) in [5.74, 6) is -2.56. The van der Waals surface area contributed by atoms with E-state index in [2.05, 4.69) is 11.9 Å². The number of rotatable bonds is 11. The topological polar surface area (TPSA) is 136 Å². The fourth-order valence-electron chi connectivity index (χ4n) is 4.02. The quantitative estimate of drug-likeness (QED) is 0.282. The van der Waals surface area contributed by atoms with Crippen LogP contribution in [0.1, 0.15) is 77.6 Å². The molecular formula is C27H31N3O5. The zero-order valence-electron chi connectivity index (χ0n) is 20.2. The van der Waals surface area contributed by atoms with E-state index >= 15 is 0 Å². The molecule has 3 aromatic rings. The Bertz CT molecular complexity index is 1230. The van der Waals surface area contributed by atoms with Crippen LogP contribution in [0.25, 0.3) is 11.1 Å². The Morgan fingerprint density at radius 3 is 2.29 bits per heavy atom. The summed E-state index contributed by atoms with van der Waals surface area (Å²) in [7, 11) is 0. The molecule has 184 valence electrons. The lowest BCUT2D eigenvalue weighted by atomic mass is 9.96. The molecule has 0 saturated carbocycles. The minimum Gasteiger partial charge on any atom is -0.475 e. The number of aromatic nitrogens is 2. The van der Waals surface area contributed by atoms with E-state index in [0.717, 1.165) is 18.4 Å². The molecule has 8 heteroatoms. The summed E-state index contributed by atoms with van der Waals surface area (Å²) in [4.78, 5) is 40.3. The molecule has 0 saturated heterocycles. The predicted molar refractivity (Wildman–Crippen MR) is 132 cm³/mol. The van der Waals surface area contributed by atoms with Crippen molar-refractivity contribution in [3.63, 3.8) is 0 Å². The molecule has 4 N–H and O–H groups in total. The highest BCUT2D eigenvalue weighted by atomic mass is 16.4. The molecule has 1 unspecified atom stereocenters. The highest BCUT2D eigenvalue weighted by molar-refractivity contribution is 6.41. The molecule has 2 aromatic carbocycles. The van der Waals surface area contributed by atoms with Crippen LogP contribution in [-0.4, -0.2) is 37.4 Å². The zero-order valence-corrected chi connectivity index (χ0v) is 20.2. The number of aryl methyl sites for hydroxylation is 1. The van der Waals surface area contributed by atoms with Crippen molar-refractivity contribution in [1.82, 2.24) is 9.55 Å². The van der Waals surface area contributed by atoms with Crippen LogP contribution in [-0.2, 0) is 17.8 Å². The van der Waals surface area contributed by atoms with Crippen molar-refractivity contribution in [1.29, 1.82) is 0 Å². The first-order valence-corrected chi connectivity index (χ1v) is 11.7. The molecule has 0 aliphatic heterocycles. The number of aliphatic hydroxyl groups excluding tert-OH is 1. The average Bonchev–Trinajstić information content (AvgIpc) is 3.20. The summed E-state index contributed by atoms with van der Waals surface area (Å²) < 4.78 is 1.77. The van der Waals surface area contributed by atoms with Crippen molar-refractivity contribution < 1.29 is 24.6 Å². The Labute approximate surface area is 204 Å². The molecule has 0 bridgehead atoms. The maximum Gasteiger partial charge on any atom is 0.377 e. The third-order valence-electron chi connectivity index (χ3n) is 5.94. The van der Waals surface area contributed by atoms with Gasteiger partial charge >= 0.3 is 5.97 Å². The first-order chi connectivity index (χ1) is 16.6. The van der Waals surface area contributed by atoms with Gasteiger partial charge in [0.25, 0.3) is 11.7 Å². The standard InChI is InChI=1S/C27H31N3O5/c1-4-5-10-21-29-22(24(31)16(2)3)23(26(28)33)30(21)15-17-11-13-18(14-12-17)19-8-6-7-9-20(19)25(32)27(34)35/h6-9,11-14,16,24,31H,4-5,10,15H2,1-3H3,(H2,28,33)(H,34,35). The van der Waals surface area contributed by atoms with E-state index in [4.69, 9.17) is 10.8 Å². The van der Waals surface area contributed by atoms with E-state index in [1.54, 1.807) is 34.9 Å². The van der Waals surface area contributed by atoms with Crippen LogP contribution in [0.3, 0.4) is 0 Å². The number of imidazole rings is 1. The minimum absolute atomic E-state index is 0.118. The van der Waals surface area contributed by atoms with E-state index in [1.807, 2.05) is 26.0 Å². The van der Waals surface area contributed by atoms with Gasteiger partial charge in [0.1, 0.15) is 23.3 Å². The summed E-state index contributed by atoms with van der Waals surface area (Å²) in [6.07, 6.45) is 1.55. The number of benzene rings is 2. The second-order valence-electron chi connectivity index (χ2n) is 8.88. The maximum absolute atomic E-state index is 12.4. The van der Waals surface area contributed by atoms with Crippen molar-refractivity contribution in [2.75, 3.05) is 0 Å². The van der Waals surface area contributed by atoms with E-state index in [0.29, 0.717) is 35.6 Å². The van der Waals surface area contributed by atoms with Crippen LogP contribution in [0, 0.1) is 5.92 Å². The minimum atomic E-state index is -1.51. The van der Waals surface area contributed by atoms with Gasteiger partial charge in [-0.2, -0.15) is 0 Å². The van der Waals surface area contributed by atoms with Gasteiger partial charge in [0, 0.05) is 18.5 Å². The van der Waals surface area contributed by atoms with Gasteiger partial charge in [-0.15, -0.1) is 0 Å². The zero-order chi connectivity index (χ0) is 25.7. The number of carbonyl (C=O) groups excluding carboxylic acids is 2. The number of aliphatic hydroxyl groups is 1. The summed E-state index contributed by atoms with van der Waals surface area (Å²) in [6.45, 7) is 6.10. The second-order valence-corrected chi connectivity index (χ2v) is 8.88. The normalized spacial score (nSPS) is 12.0. The average molecular weight is 478 g/mol.